The van der Waals surface area contributed by atoms with Crippen LogP contribution in [0.25, 0.3) is 0 Å². The second kappa shape index (κ2) is 4.60. The van der Waals surface area contributed by atoms with Gasteiger partial charge in [0.2, 0.25) is 0 Å². The van der Waals surface area contributed by atoms with Crippen LogP contribution in [-0.2, 0) is 11.8 Å². The molecule has 0 aliphatic heterocycles. The van der Waals surface area contributed by atoms with Crippen LogP contribution in [0.3, 0.4) is 0 Å². The van der Waals surface area contributed by atoms with Crippen molar-refractivity contribution >= 4 is 11.6 Å². The van der Waals surface area contributed by atoms with Gasteiger partial charge in [-0.3, -0.25) is 9.48 Å². The molecule has 0 unspecified atom stereocenters. The van der Waals surface area contributed by atoms with Gasteiger partial charge in [-0.1, -0.05) is 13.0 Å². The lowest BCUT2D eigenvalue weighted by Gasteiger charge is -2.01. The number of allylic oxidation sites excluding steroid dienone is 1. The van der Waals surface area contributed by atoms with Gasteiger partial charge in [-0.05, 0) is 13.3 Å². The molecule has 0 spiro atoms. The molecule has 4 heteroatoms. The number of amides is 1. The molecule has 0 radical (unpaired) electrons. The van der Waals surface area contributed by atoms with Crippen molar-refractivity contribution in [3.05, 3.63) is 24.0 Å². The van der Waals surface area contributed by atoms with Crippen molar-refractivity contribution in [1.29, 1.82) is 0 Å². The molecule has 0 atom stereocenters. The Morgan fingerprint density at radius 3 is 2.93 bits per heavy atom. The monoisotopic (exact) mass is 193 g/mol. The molecule has 0 aliphatic carbocycles. The lowest BCUT2D eigenvalue weighted by atomic mass is 10.2. The molecule has 0 aliphatic rings. The summed E-state index contributed by atoms with van der Waals surface area (Å²) in [6, 6.07) is 0. The number of rotatable bonds is 3. The van der Waals surface area contributed by atoms with Gasteiger partial charge >= 0.3 is 0 Å². The van der Waals surface area contributed by atoms with E-state index in [0.29, 0.717) is 0 Å². The summed E-state index contributed by atoms with van der Waals surface area (Å²) in [6.07, 6.45) is 6.15. The first kappa shape index (κ1) is 10.5. The molecule has 0 saturated heterocycles. The first-order valence-corrected chi connectivity index (χ1v) is 4.60. The number of aryl methyl sites for hydroxylation is 1. The third kappa shape index (κ3) is 2.73. The fourth-order valence-corrected chi connectivity index (χ4v) is 1.11. The summed E-state index contributed by atoms with van der Waals surface area (Å²) < 4.78 is 1.65. The number of nitrogens with zero attached hydrogens (tertiary/aromatic N) is 2. The molecule has 1 aromatic rings. The number of carbonyl (C=O) groups excluding carboxylic acids is 1. The fraction of sp³-hybridized carbons (Fsp3) is 0.400. The predicted molar refractivity (Wildman–Crippen MR) is 55.9 cm³/mol. The van der Waals surface area contributed by atoms with Crippen LogP contribution in [-0.4, -0.2) is 15.7 Å². The van der Waals surface area contributed by atoms with Gasteiger partial charge in [0.25, 0.3) is 5.91 Å². The maximum Gasteiger partial charge on any atom is 0.251 e. The predicted octanol–water partition coefficient (Wildman–Crippen LogP) is 1.71. The molecule has 0 bridgehead atoms. The average Bonchev–Trinajstić information content (AvgIpc) is 2.51. The molecule has 1 rings (SSSR count). The number of carbonyl (C=O) groups is 1. The Hall–Kier alpha value is -1.58. The molecule has 0 fully saturated rings. The maximum atomic E-state index is 11.5. The first-order chi connectivity index (χ1) is 6.63. The number of hydrogen-bond acceptors (Lipinski definition) is 2. The summed E-state index contributed by atoms with van der Waals surface area (Å²) in [7, 11) is 1.81. The Labute approximate surface area is 83.6 Å². The minimum Gasteiger partial charge on any atom is -0.320 e. The highest BCUT2D eigenvalue weighted by Crippen LogP contribution is 2.06. The van der Waals surface area contributed by atoms with E-state index in [4.69, 9.17) is 0 Å². The van der Waals surface area contributed by atoms with Crippen molar-refractivity contribution in [3.8, 4) is 0 Å². The minimum absolute atomic E-state index is 0.0696. The van der Waals surface area contributed by atoms with E-state index in [0.717, 1.165) is 17.7 Å². The van der Waals surface area contributed by atoms with Gasteiger partial charge in [-0.25, -0.2) is 0 Å². The highest BCUT2D eigenvalue weighted by atomic mass is 16.1. The summed E-state index contributed by atoms with van der Waals surface area (Å²) in [6.45, 7) is 3.80. The minimum atomic E-state index is -0.0696. The van der Waals surface area contributed by atoms with Crippen LogP contribution >= 0.6 is 0 Å². The zero-order valence-electron chi connectivity index (χ0n) is 8.74. The largest absolute Gasteiger partial charge is 0.320 e. The molecule has 0 saturated carbocycles. The van der Waals surface area contributed by atoms with Gasteiger partial charge in [-0.15, -0.1) is 0 Å². The second-order valence-electron chi connectivity index (χ2n) is 3.15. The molecule has 1 heterocycles. The smallest absolute Gasteiger partial charge is 0.251 e. The topological polar surface area (TPSA) is 46.9 Å². The Morgan fingerprint density at radius 1 is 1.71 bits per heavy atom. The zero-order chi connectivity index (χ0) is 10.6. The molecular formula is C10H15N3O. The highest BCUT2D eigenvalue weighted by Gasteiger charge is 2.04. The quantitative estimate of drug-likeness (QED) is 0.743. The van der Waals surface area contributed by atoms with Crippen molar-refractivity contribution in [2.45, 2.75) is 20.3 Å². The normalized spacial score (nSPS) is 11.5. The van der Waals surface area contributed by atoms with Crippen LogP contribution in [0.1, 0.15) is 20.3 Å². The fourth-order valence-electron chi connectivity index (χ4n) is 1.11. The van der Waals surface area contributed by atoms with E-state index in [1.54, 1.807) is 24.0 Å². The summed E-state index contributed by atoms with van der Waals surface area (Å²) in [5, 5.41) is 6.71. The lowest BCUT2D eigenvalue weighted by Crippen LogP contribution is -2.12. The van der Waals surface area contributed by atoms with Gasteiger partial charge in [0.05, 0.1) is 11.9 Å². The van der Waals surface area contributed by atoms with Gasteiger partial charge in [-0.2, -0.15) is 5.10 Å². The van der Waals surface area contributed by atoms with E-state index in [2.05, 4.69) is 10.4 Å². The third-order valence-electron chi connectivity index (χ3n) is 1.83. The third-order valence-corrected chi connectivity index (χ3v) is 1.83. The molecule has 4 nitrogen and oxygen atoms in total. The van der Waals surface area contributed by atoms with E-state index in [-0.39, 0.29) is 5.91 Å². The molecular weight excluding hydrogens is 178 g/mol. The Morgan fingerprint density at radius 2 is 2.43 bits per heavy atom. The van der Waals surface area contributed by atoms with Crippen LogP contribution in [0.4, 0.5) is 5.69 Å². The van der Waals surface area contributed by atoms with Gasteiger partial charge in [0, 0.05) is 18.8 Å². The molecule has 1 aromatic heterocycles. The average molecular weight is 193 g/mol. The van der Waals surface area contributed by atoms with Gasteiger partial charge in [0.1, 0.15) is 0 Å². The summed E-state index contributed by atoms with van der Waals surface area (Å²) in [5.74, 6) is -0.0696. The highest BCUT2D eigenvalue weighted by molar-refractivity contribution is 6.03. The molecule has 1 N–H and O–H groups in total. The lowest BCUT2D eigenvalue weighted by molar-refractivity contribution is -0.112. The van der Waals surface area contributed by atoms with Gasteiger partial charge in [0.15, 0.2) is 0 Å². The SMILES string of the molecule is CCC=C(C)C(=O)Nc1cnn(C)c1. The van der Waals surface area contributed by atoms with E-state index < -0.39 is 0 Å². The van der Waals surface area contributed by atoms with Crippen LogP contribution < -0.4 is 5.32 Å². The number of aromatic nitrogens is 2. The zero-order valence-corrected chi connectivity index (χ0v) is 8.74. The Kier molecular flexibility index (Phi) is 3.45. The van der Waals surface area contributed by atoms with Crippen LogP contribution in [0.5, 0.6) is 0 Å². The number of hydrogen-bond donors (Lipinski definition) is 1. The standard InChI is InChI=1S/C10H15N3O/c1-4-5-8(2)10(14)12-9-6-11-13(3)7-9/h5-7H,4H2,1-3H3,(H,12,14). The van der Waals surface area contributed by atoms with E-state index in [9.17, 15) is 4.79 Å². The van der Waals surface area contributed by atoms with Crippen molar-refractivity contribution < 1.29 is 4.79 Å². The van der Waals surface area contributed by atoms with Crippen molar-refractivity contribution in [1.82, 2.24) is 9.78 Å². The maximum absolute atomic E-state index is 11.5. The second-order valence-corrected chi connectivity index (χ2v) is 3.15. The van der Waals surface area contributed by atoms with E-state index >= 15 is 0 Å². The van der Waals surface area contributed by atoms with Crippen LogP contribution in [0.2, 0.25) is 0 Å². The Balaban J connectivity index is 2.61. The van der Waals surface area contributed by atoms with E-state index in [1.807, 2.05) is 20.0 Å². The molecule has 76 valence electrons. The number of nitrogens with one attached hydrogen (secondary N) is 1. The van der Waals surface area contributed by atoms with Crippen LogP contribution in [0, 0.1) is 0 Å². The van der Waals surface area contributed by atoms with Crippen molar-refractivity contribution in [2.75, 3.05) is 5.32 Å². The van der Waals surface area contributed by atoms with Crippen molar-refractivity contribution in [3.63, 3.8) is 0 Å². The van der Waals surface area contributed by atoms with Crippen LogP contribution in [0.15, 0.2) is 24.0 Å². The summed E-state index contributed by atoms with van der Waals surface area (Å²) in [5.41, 5.74) is 1.46. The number of anilines is 1. The summed E-state index contributed by atoms with van der Waals surface area (Å²) >= 11 is 0. The first-order valence-electron chi connectivity index (χ1n) is 4.60. The Bertz CT molecular complexity index is 352. The molecule has 14 heavy (non-hydrogen) atoms. The van der Waals surface area contributed by atoms with Crippen molar-refractivity contribution in [2.24, 2.45) is 7.05 Å². The molecule has 1 amide bonds. The molecule has 0 aromatic carbocycles. The summed E-state index contributed by atoms with van der Waals surface area (Å²) in [4.78, 5) is 11.5. The van der Waals surface area contributed by atoms with Gasteiger partial charge < -0.3 is 5.32 Å². The van der Waals surface area contributed by atoms with E-state index in [1.165, 1.54) is 0 Å².